The number of carbonyl (C=O) groups excluding carboxylic acids is 1. The maximum atomic E-state index is 13.0. The summed E-state index contributed by atoms with van der Waals surface area (Å²) in [5.41, 5.74) is 0. The summed E-state index contributed by atoms with van der Waals surface area (Å²) in [4.78, 5) is 13.0. The molecule has 0 aromatic heterocycles. The monoisotopic (exact) mass is 852 g/mol. The summed E-state index contributed by atoms with van der Waals surface area (Å²) < 4.78 is 11.3. The topological polar surface area (TPSA) is 149 Å². The third-order valence-corrected chi connectivity index (χ3v) is 12.3. The van der Waals surface area contributed by atoms with Crippen LogP contribution in [0, 0.1) is 0 Å². The first kappa shape index (κ1) is 56.7. The van der Waals surface area contributed by atoms with E-state index in [1.165, 1.54) is 141 Å². The van der Waals surface area contributed by atoms with Gasteiger partial charge in [-0.25, -0.2) is 0 Å². The van der Waals surface area contributed by atoms with E-state index < -0.39 is 49.5 Å². The highest BCUT2D eigenvalue weighted by Gasteiger charge is 2.44. The molecule has 0 aliphatic carbocycles. The van der Waals surface area contributed by atoms with Gasteiger partial charge < -0.3 is 40.3 Å². The third kappa shape index (κ3) is 31.5. The summed E-state index contributed by atoms with van der Waals surface area (Å²) in [6.45, 7) is 3.78. The average Bonchev–Trinajstić information content (AvgIpc) is 3.25. The standard InChI is InChI=1S/C51H97NO8/c1-3-5-7-9-11-13-15-17-18-19-20-21-22-23-24-25-26-27-29-30-32-34-36-38-40-45(54)44(43-59-51-50(58)49(57)48(56)46(42-53)60-51)52-47(55)41-39-37-35-33-31-28-16-14-12-10-8-6-4-2/h8,10,14,16,44-46,48-51,53-54,56-58H,3-7,9,11-13,15,17-43H2,1-2H3,(H,52,55)/b10-8-,16-14-. The highest BCUT2D eigenvalue weighted by Crippen LogP contribution is 2.23. The van der Waals surface area contributed by atoms with Gasteiger partial charge in [0.2, 0.25) is 5.91 Å². The van der Waals surface area contributed by atoms with Gasteiger partial charge in [-0.15, -0.1) is 0 Å². The van der Waals surface area contributed by atoms with E-state index in [9.17, 15) is 30.3 Å². The zero-order chi connectivity index (χ0) is 43.7. The van der Waals surface area contributed by atoms with Crippen LogP contribution in [0.25, 0.3) is 0 Å². The summed E-state index contributed by atoms with van der Waals surface area (Å²) in [6.07, 6.45) is 43.4. The summed E-state index contributed by atoms with van der Waals surface area (Å²) in [5.74, 6) is -0.157. The van der Waals surface area contributed by atoms with Crippen molar-refractivity contribution in [2.24, 2.45) is 0 Å². The van der Waals surface area contributed by atoms with Crippen molar-refractivity contribution in [3.8, 4) is 0 Å². The molecule has 1 aliphatic heterocycles. The number of aliphatic hydroxyl groups excluding tert-OH is 5. The number of hydrogen-bond donors (Lipinski definition) is 6. The molecular weight excluding hydrogens is 755 g/mol. The Labute approximate surface area is 369 Å². The predicted molar refractivity (Wildman–Crippen MR) is 249 cm³/mol. The first-order valence-electron chi connectivity index (χ1n) is 25.5. The van der Waals surface area contributed by atoms with E-state index in [-0.39, 0.29) is 12.5 Å². The normalized spacial score (nSPS) is 20.7. The molecule has 6 N–H and O–H groups in total. The van der Waals surface area contributed by atoms with Gasteiger partial charge in [0.15, 0.2) is 6.29 Å². The molecular formula is C51H97NO8. The molecule has 0 spiro atoms. The minimum Gasteiger partial charge on any atom is -0.394 e. The Morgan fingerprint density at radius 3 is 1.50 bits per heavy atom. The van der Waals surface area contributed by atoms with Crippen LogP contribution in [0.3, 0.4) is 0 Å². The highest BCUT2D eigenvalue weighted by atomic mass is 16.7. The lowest BCUT2D eigenvalue weighted by Gasteiger charge is -2.40. The molecule has 1 rings (SSSR count). The van der Waals surface area contributed by atoms with E-state index >= 15 is 0 Å². The number of carbonyl (C=O) groups is 1. The molecule has 0 bridgehead atoms. The number of rotatable bonds is 43. The van der Waals surface area contributed by atoms with Crippen molar-refractivity contribution in [2.45, 2.75) is 281 Å². The number of nitrogens with one attached hydrogen (secondary N) is 1. The Hall–Kier alpha value is -1.33. The predicted octanol–water partition coefficient (Wildman–Crippen LogP) is 11.5. The fourth-order valence-electron chi connectivity index (χ4n) is 8.20. The van der Waals surface area contributed by atoms with E-state index in [4.69, 9.17) is 9.47 Å². The van der Waals surface area contributed by atoms with E-state index in [0.717, 1.165) is 70.6 Å². The van der Waals surface area contributed by atoms with Crippen LogP contribution in [0.5, 0.6) is 0 Å². The fraction of sp³-hybridized carbons (Fsp3) is 0.902. The van der Waals surface area contributed by atoms with Gasteiger partial charge in [-0.3, -0.25) is 4.79 Å². The van der Waals surface area contributed by atoms with Crippen LogP contribution < -0.4 is 5.32 Å². The molecule has 7 atom stereocenters. The van der Waals surface area contributed by atoms with Gasteiger partial charge in [0.1, 0.15) is 24.4 Å². The summed E-state index contributed by atoms with van der Waals surface area (Å²) in [7, 11) is 0. The molecule has 9 heteroatoms. The molecule has 1 aliphatic rings. The molecule has 354 valence electrons. The molecule has 0 radical (unpaired) electrons. The minimum absolute atomic E-state index is 0.142. The minimum atomic E-state index is -1.55. The van der Waals surface area contributed by atoms with Crippen LogP contribution in [0.4, 0.5) is 0 Å². The van der Waals surface area contributed by atoms with Crippen LogP contribution in [-0.2, 0) is 14.3 Å². The second-order valence-corrected chi connectivity index (χ2v) is 18.0. The Balaban J connectivity index is 2.23. The van der Waals surface area contributed by atoms with Crippen molar-refractivity contribution in [1.82, 2.24) is 5.32 Å². The molecule has 0 aromatic carbocycles. The van der Waals surface area contributed by atoms with Crippen molar-refractivity contribution in [2.75, 3.05) is 13.2 Å². The molecule has 0 saturated carbocycles. The van der Waals surface area contributed by atoms with Crippen molar-refractivity contribution in [3.05, 3.63) is 24.3 Å². The molecule has 1 saturated heterocycles. The Bertz CT molecular complexity index is 992. The maximum absolute atomic E-state index is 13.0. The highest BCUT2D eigenvalue weighted by molar-refractivity contribution is 5.76. The van der Waals surface area contributed by atoms with Crippen LogP contribution in [0.15, 0.2) is 24.3 Å². The number of unbranched alkanes of at least 4 members (excludes halogenated alkanes) is 29. The molecule has 1 amide bonds. The van der Waals surface area contributed by atoms with Gasteiger partial charge in [-0.05, 0) is 38.5 Å². The Morgan fingerprint density at radius 1 is 0.567 bits per heavy atom. The second-order valence-electron chi connectivity index (χ2n) is 18.0. The Kier molecular flexibility index (Phi) is 39.4. The first-order valence-corrected chi connectivity index (χ1v) is 25.5. The van der Waals surface area contributed by atoms with Crippen LogP contribution in [0.2, 0.25) is 0 Å². The third-order valence-electron chi connectivity index (χ3n) is 12.3. The lowest BCUT2D eigenvalue weighted by atomic mass is 9.99. The van der Waals surface area contributed by atoms with E-state index in [1.54, 1.807) is 0 Å². The lowest BCUT2D eigenvalue weighted by Crippen LogP contribution is -2.60. The van der Waals surface area contributed by atoms with E-state index in [0.29, 0.717) is 12.8 Å². The molecule has 1 fully saturated rings. The Morgan fingerprint density at radius 2 is 1.02 bits per heavy atom. The average molecular weight is 852 g/mol. The second kappa shape index (κ2) is 41.7. The summed E-state index contributed by atoms with van der Waals surface area (Å²) in [6, 6.07) is -0.724. The zero-order valence-electron chi connectivity index (χ0n) is 39.0. The fourth-order valence-corrected chi connectivity index (χ4v) is 8.20. The van der Waals surface area contributed by atoms with Crippen LogP contribution >= 0.6 is 0 Å². The van der Waals surface area contributed by atoms with E-state index in [2.05, 4.69) is 43.5 Å². The number of aliphatic hydroxyl groups is 5. The van der Waals surface area contributed by atoms with Crippen LogP contribution in [0.1, 0.15) is 239 Å². The summed E-state index contributed by atoms with van der Waals surface area (Å²) >= 11 is 0. The number of allylic oxidation sites excluding steroid dienone is 4. The molecule has 0 aromatic rings. The molecule has 1 heterocycles. The molecule has 9 nitrogen and oxygen atoms in total. The van der Waals surface area contributed by atoms with Gasteiger partial charge in [0.25, 0.3) is 0 Å². The van der Waals surface area contributed by atoms with Gasteiger partial charge in [-0.2, -0.15) is 0 Å². The van der Waals surface area contributed by atoms with E-state index in [1.807, 2.05) is 0 Å². The summed E-state index contributed by atoms with van der Waals surface area (Å²) in [5, 5.41) is 54.4. The SMILES string of the molecule is CCC/C=C\C/C=C\CCCCCCCC(=O)NC(COC1OC(CO)C(O)C(O)C1O)C(O)CCCCCCCCCCCCCCCCCCCCCCCCCC. The van der Waals surface area contributed by atoms with Crippen molar-refractivity contribution in [3.63, 3.8) is 0 Å². The molecule has 60 heavy (non-hydrogen) atoms. The van der Waals surface area contributed by atoms with Gasteiger partial charge in [0, 0.05) is 6.42 Å². The van der Waals surface area contributed by atoms with Crippen LogP contribution in [-0.4, -0.2) is 87.5 Å². The largest absolute Gasteiger partial charge is 0.394 e. The van der Waals surface area contributed by atoms with Gasteiger partial charge >= 0.3 is 0 Å². The lowest BCUT2D eigenvalue weighted by molar-refractivity contribution is -0.302. The zero-order valence-corrected chi connectivity index (χ0v) is 39.0. The molecule has 7 unspecified atom stereocenters. The first-order chi connectivity index (χ1) is 29.3. The quantitative estimate of drug-likeness (QED) is 0.0262. The van der Waals surface area contributed by atoms with Crippen molar-refractivity contribution in [1.29, 1.82) is 0 Å². The number of ether oxygens (including phenoxy) is 2. The van der Waals surface area contributed by atoms with Gasteiger partial charge in [-0.1, -0.05) is 218 Å². The van der Waals surface area contributed by atoms with Crippen molar-refractivity contribution >= 4 is 5.91 Å². The number of hydrogen-bond acceptors (Lipinski definition) is 8. The van der Waals surface area contributed by atoms with Crippen molar-refractivity contribution < 1.29 is 39.8 Å². The maximum Gasteiger partial charge on any atom is 0.220 e. The smallest absolute Gasteiger partial charge is 0.220 e. The number of amides is 1. The van der Waals surface area contributed by atoms with Gasteiger partial charge in [0.05, 0.1) is 25.4 Å².